The fraction of sp³-hybridized carbons (Fsp3) is 0.583. The van der Waals surface area contributed by atoms with Gasteiger partial charge in [-0.2, -0.15) is 0 Å². The van der Waals surface area contributed by atoms with Gasteiger partial charge in [-0.25, -0.2) is 0 Å². The Morgan fingerprint density at radius 1 is 1.56 bits per heavy atom. The van der Waals surface area contributed by atoms with E-state index in [0.717, 1.165) is 24.8 Å². The maximum absolute atomic E-state index is 4.24. The van der Waals surface area contributed by atoms with Crippen LogP contribution in [0.25, 0.3) is 0 Å². The van der Waals surface area contributed by atoms with Gasteiger partial charge in [0.2, 0.25) is 0 Å². The molecule has 2 N–H and O–H groups in total. The molecule has 2 rings (SSSR count). The lowest BCUT2D eigenvalue weighted by atomic mass is 10.3. The molecule has 1 aliphatic rings. The highest BCUT2D eigenvalue weighted by Gasteiger charge is 2.33. The number of halogens is 2. The molecule has 1 heterocycles. The maximum atomic E-state index is 4.24. The molecule has 2 unspecified atom stereocenters. The van der Waals surface area contributed by atoms with Crippen molar-refractivity contribution in [1.29, 1.82) is 0 Å². The van der Waals surface area contributed by atoms with Crippen molar-refractivity contribution in [3.05, 3.63) is 19.9 Å². The number of aliphatic imine (C=N–C) groups is 1. The predicted molar refractivity (Wildman–Crippen MR) is 98.2 cm³/mol. The van der Waals surface area contributed by atoms with Crippen LogP contribution < -0.4 is 10.6 Å². The molecule has 1 fully saturated rings. The van der Waals surface area contributed by atoms with Crippen LogP contribution in [0.15, 0.2) is 17.1 Å². The Morgan fingerprint density at radius 2 is 2.28 bits per heavy atom. The molecule has 0 bridgehead atoms. The van der Waals surface area contributed by atoms with Crippen LogP contribution in [0, 0.1) is 8.80 Å². The van der Waals surface area contributed by atoms with E-state index < -0.39 is 0 Å². The number of rotatable bonds is 4. The van der Waals surface area contributed by atoms with Crippen molar-refractivity contribution in [2.24, 2.45) is 10.9 Å². The summed E-state index contributed by atoms with van der Waals surface area (Å²) in [5.74, 6) is 1.73. The first-order valence-electron chi connectivity index (χ1n) is 5.90. The SMILES string of the molecule is CN=C(NCCc1ccc(I)s1)NC1CC1C.I. The molecule has 1 aromatic heterocycles. The molecule has 102 valence electrons. The third-order valence-corrected chi connectivity index (χ3v) is 4.90. The smallest absolute Gasteiger partial charge is 0.191 e. The van der Waals surface area contributed by atoms with Gasteiger partial charge in [-0.1, -0.05) is 6.92 Å². The van der Waals surface area contributed by atoms with Crippen molar-refractivity contribution in [3.63, 3.8) is 0 Å². The van der Waals surface area contributed by atoms with E-state index >= 15 is 0 Å². The molecule has 6 heteroatoms. The molecule has 1 saturated carbocycles. The van der Waals surface area contributed by atoms with Crippen molar-refractivity contribution >= 4 is 63.9 Å². The van der Waals surface area contributed by atoms with E-state index in [1.807, 2.05) is 18.4 Å². The molecular formula is C12H19I2N3S. The van der Waals surface area contributed by atoms with E-state index in [9.17, 15) is 0 Å². The van der Waals surface area contributed by atoms with Crippen molar-refractivity contribution in [1.82, 2.24) is 10.6 Å². The van der Waals surface area contributed by atoms with E-state index in [1.165, 1.54) is 14.2 Å². The quantitative estimate of drug-likeness (QED) is 0.386. The third-order valence-electron chi connectivity index (χ3n) is 2.95. The second kappa shape index (κ2) is 7.88. The normalized spacial score (nSPS) is 22.3. The minimum Gasteiger partial charge on any atom is -0.356 e. The average Bonchev–Trinajstić information content (AvgIpc) is 2.82. The van der Waals surface area contributed by atoms with E-state index in [1.54, 1.807) is 0 Å². The molecule has 0 spiro atoms. The summed E-state index contributed by atoms with van der Waals surface area (Å²) in [7, 11) is 1.83. The highest BCUT2D eigenvalue weighted by Crippen LogP contribution is 2.28. The number of guanidine groups is 1. The van der Waals surface area contributed by atoms with Crippen molar-refractivity contribution < 1.29 is 0 Å². The first-order chi connectivity index (χ1) is 8.19. The minimum atomic E-state index is 0. The van der Waals surface area contributed by atoms with Crippen molar-refractivity contribution in [2.75, 3.05) is 13.6 Å². The second-order valence-corrected chi connectivity index (χ2v) is 7.48. The number of hydrogen-bond donors (Lipinski definition) is 2. The zero-order valence-corrected chi connectivity index (χ0v) is 15.9. The summed E-state index contributed by atoms with van der Waals surface area (Å²) < 4.78 is 1.35. The standard InChI is InChI=1S/C12H18IN3S.HI/c1-8-7-10(8)16-12(14-2)15-6-5-9-3-4-11(13)17-9;/h3-4,8,10H,5-7H2,1-2H3,(H2,14,15,16);1H. The average molecular weight is 491 g/mol. The van der Waals surface area contributed by atoms with Crippen LogP contribution >= 0.6 is 57.9 Å². The van der Waals surface area contributed by atoms with Gasteiger partial charge in [-0.3, -0.25) is 4.99 Å². The van der Waals surface area contributed by atoms with Gasteiger partial charge < -0.3 is 10.6 Å². The lowest BCUT2D eigenvalue weighted by Gasteiger charge is -2.10. The molecule has 1 aromatic rings. The highest BCUT2D eigenvalue weighted by atomic mass is 127. The lowest BCUT2D eigenvalue weighted by Crippen LogP contribution is -2.39. The van der Waals surface area contributed by atoms with E-state index in [-0.39, 0.29) is 24.0 Å². The molecule has 0 aromatic carbocycles. The molecule has 1 aliphatic carbocycles. The highest BCUT2D eigenvalue weighted by molar-refractivity contribution is 14.1. The van der Waals surface area contributed by atoms with Crippen LogP contribution in [0.2, 0.25) is 0 Å². The molecule has 0 amide bonds. The van der Waals surface area contributed by atoms with Crippen molar-refractivity contribution in [2.45, 2.75) is 25.8 Å². The first-order valence-corrected chi connectivity index (χ1v) is 7.80. The summed E-state index contributed by atoms with van der Waals surface area (Å²) in [5, 5.41) is 6.78. The summed E-state index contributed by atoms with van der Waals surface area (Å²) in [5.41, 5.74) is 0. The molecule has 18 heavy (non-hydrogen) atoms. The van der Waals surface area contributed by atoms with Gasteiger partial charge in [-0.15, -0.1) is 35.3 Å². The largest absolute Gasteiger partial charge is 0.356 e. The molecule has 3 nitrogen and oxygen atoms in total. The van der Waals surface area contributed by atoms with Gasteiger partial charge in [-0.05, 0) is 53.5 Å². The van der Waals surface area contributed by atoms with Gasteiger partial charge in [0.05, 0.1) is 2.88 Å². The van der Waals surface area contributed by atoms with E-state index in [4.69, 9.17) is 0 Å². The topological polar surface area (TPSA) is 36.4 Å². The minimum absolute atomic E-state index is 0. The van der Waals surface area contributed by atoms with Gasteiger partial charge in [0, 0.05) is 24.5 Å². The van der Waals surface area contributed by atoms with E-state index in [2.05, 4.69) is 57.3 Å². The third kappa shape index (κ3) is 5.20. The van der Waals surface area contributed by atoms with Crippen molar-refractivity contribution in [3.8, 4) is 0 Å². The van der Waals surface area contributed by atoms with Crippen LogP contribution in [-0.4, -0.2) is 25.6 Å². The van der Waals surface area contributed by atoms with Crippen LogP contribution in [0.4, 0.5) is 0 Å². The van der Waals surface area contributed by atoms with Gasteiger partial charge in [0.15, 0.2) is 5.96 Å². The second-order valence-electron chi connectivity index (χ2n) is 4.42. The Kier molecular flexibility index (Phi) is 7.22. The molecular weight excluding hydrogens is 472 g/mol. The van der Waals surface area contributed by atoms with Crippen LogP contribution in [0.1, 0.15) is 18.2 Å². The number of nitrogens with zero attached hydrogens (tertiary/aromatic N) is 1. The monoisotopic (exact) mass is 491 g/mol. The summed E-state index contributed by atoms with van der Waals surface area (Å²) in [6, 6.07) is 5.00. The van der Waals surface area contributed by atoms with Crippen LogP contribution in [-0.2, 0) is 6.42 Å². The van der Waals surface area contributed by atoms with Gasteiger partial charge in [0.1, 0.15) is 0 Å². The fourth-order valence-electron chi connectivity index (χ4n) is 1.68. The predicted octanol–water partition coefficient (Wildman–Crippen LogP) is 3.09. The molecule has 2 atom stereocenters. The van der Waals surface area contributed by atoms with Crippen LogP contribution in [0.3, 0.4) is 0 Å². The Labute approximate surface area is 143 Å². The Morgan fingerprint density at radius 3 is 2.78 bits per heavy atom. The molecule has 0 saturated heterocycles. The van der Waals surface area contributed by atoms with Gasteiger partial charge in [0.25, 0.3) is 0 Å². The Bertz CT molecular complexity index is 406. The first kappa shape index (κ1) is 16.5. The summed E-state index contributed by atoms with van der Waals surface area (Å²) in [6.45, 7) is 3.20. The van der Waals surface area contributed by atoms with E-state index in [0.29, 0.717) is 6.04 Å². The number of hydrogen-bond acceptors (Lipinski definition) is 2. The fourth-order valence-corrected chi connectivity index (χ4v) is 3.44. The number of nitrogens with one attached hydrogen (secondary N) is 2. The zero-order chi connectivity index (χ0) is 12.3. The maximum Gasteiger partial charge on any atom is 0.191 e. The summed E-state index contributed by atoms with van der Waals surface area (Å²) in [4.78, 5) is 5.66. The summed E-state index contributed by atoms with van der Waals surface area (Å²) >= 11 is 4.22. The Balaban J connectivity index is 0.00000162. The number of thiophene rings is 1. The zero-order valence-electron chi connectivity index (χ0n) is 10.6. The molecule has 0 radical (unpaired) electrons. The molecule has 0 aliphatic heterocycles. The Hall–Kier alpha value is 0.430. The summed E-state index contributed by atoms with van der Waals surface area (Å²) in [6.07, 6.45) is 2.33. The lowest BCUT2D eigenvalue weighted by molar-refractivity contribution is 0.760. The van der Waals surface area contributed by atoms with Gasteiger partial charge >= 0.3 is 0 Å². The van der Waals surface area contributed by atoms with Crippen LogP contribution in [0.5, 0.6) is 0 Å².